The Morgan fingerprint density at radius 2 is 2.00 bits per heavy atom. The molecule has 0 spiro atoms. The number of nitrogens with two attached hydrogens (primary N) is 2. The van der Waals surface area contributed by atoms with Crippen LogP contribution in [0.5, 0.6) is 0 Å². The van der Waals surface area contributed by atoms with Crippen molar-refractivity contribution in [3.63, 3.8) is 0 Å². The molecular weight excluding hydrogens is 294 g/mol. The number of thioether (sulfide) groups is 1. The van der Waals surface area contributed by atoms with Gasteiger partial charge in [0.15, 0.2) is 0 Å². The fraction of sp³-hybridized carbons (Fsp3) is 0.538. The highest BCUT2D eigenvalue weighted by molar-refractivity contribution is 7.98. The van der Waals surface area contributed by atoms with Crippen LogP contribution in [0.25, 0.3) is 0 Å². The first-order chi connectivity index (χ1) is 9.18. The molecule has 0 saturated heterocycles. The Hall–Kier alpha value is -0.920. The Morgan fingerprint density at radius 1 is 1.40 bits per heavy atom. The molecule has 0 bridgehead atoms. The van der Waals surface area contributed by atoms with Crippen molar-refractivity contribution < 1.29 is 8.42 Å². The van der Waals surface area contributed by atoms with Gasteiger partial charge in [-0.3, -0.25) is 0 Å². The molecule has 0 saturated carbocycles. The average molecular weight is 317 g/mol. The van der Waals surface area contributed by atoms with E-state index >= 15 is 0 Å². The van der Waals surface area contributed by atoms with Crippen LogP contribution >= 0.6 is 11.8 Å². The number of nitrogens with zero attached hydrogens (tertiary/aromatic N) is 1. The molecule has 7 heteroatoms. The lowest BCUT2D eigenvalue weighted by Gasteiger charge is -2.29. The van der Waals surface area contributed by atoms with E-state index in [9.17, 15) is 8.42 Å². The highest BCUT2D eigenvalue weighted by Gasteiger charge is 2.19. The van der Waals surface area contributed by atoms with Gasteiger partial charge in [-0.05, 0) is 50.0 Å². The van der Waals surface area contributed by atoms with Crippen LogP contribution in [0.3, 0.4) is 0 Å². The second-order valence-electron chi connectivity index (χ2n) is 4.95. The van der Waals surface area contributed by atoms with E-state index in [1.807, 2.05) is 7.05 Å². The van der Waals surface area contributed by atoms with Gasteiger partial charge in [-0.15, -0.1) is 0 Å². The molecule has 1 rings (SSSR count). The fourth-order valence-corrected chi connectivity index (χ4v) is 3.48. The molecule has 0 aliphatic carbocycles. The number of rotatable bonds is 6. The number of hydrogen-bond acceptors (Lipinski definition) is 5. The van der Waals surface area contributed by atoms with Gasteiger partial charge >= 0.3 is 0 Å². The number of hydrogen-bond donors (Lipinski definition) is 2. The largest absolute Gasteiger partial charge is 0.399 e. The van der Waals surface area contributed by atoms with Crippen molar-refractivity contribution in [2.75, 3.05) is 29.7 Å². The number of nitrogen functional groups attached to an aromatic ring is 1. The fourth-order valence-electron chi connectivity index (χ4n) is 2.08. The molecule has 114 valence electrons. The molecule has 0 aliphatic heterocycles. The maximum atomic E-state index is 11.6. The summed E-state index contributed by atoms with van der Waals surface area (Å²) < 4.78 is 23.2. The Morgan fingerprint density at radius 3 is 2.50 bits per heavy atom. The lowest BCUT2D eigenvalue weighted by molar-refractivity contribution is 0.597. The minimum atomic E-state index is -3.77. The second kappa shape index (κ2) is 6.69. The lowest BCUT2D eigenvalue weighted by atomic mass is 10.1. The first-order valence-corrected chi connectivity index (χ1v) is 9.27. The van der Waals surface area contributed by atoms with E-state index in [0.29, 0.717) is 11.3 Å². The number of anilines is 2. The Balaban J connectivity index is 3.22. The monoisotopic (exact) mass is 317 g/mol. The molecular formula is C13H23N3O2S2. The molecule has 0 fully saturated rings. The van der Waals surface area contributed by atoms with Crippen molar-refractivity contribution in [3.05, 3.63) is 17.7 Å². The standard InChI is InChI=1S/C13H23N3O2S2/c1-9(5-6-19-4)16(3)12-7-11(14)8-13(10(12)2)20(15,17)18/h7-9H,5-6,14H2,1-4H3,(H2,15,17,18). The summed E-state index contributed by atoms with van der Waals surface area (Å²) in [6.07, 6.45) is 3.08. The average Bonchev–Trinajstić information content (AvgIpc) is 2.36. The molecule has 1 aromatic rings. The molecule has 5 nitrogen and oxygen atoms in total. The Kier molecular flexibility index (Phi) is 5.73. The summed E-state index contributed by atoms with van der Waals surface area (Å²) in [5, 5.41) is 5.25. The summed E-state index contributed by atoms with van der Waals surface area (Å²) in [4.78, 5) is 2.15. The number of primary sulfonamides is 1. The molecule has 20 heavy (non-hydrogen) atoms. The van der Waals surface area contributed by atoms with Crippen molar-refractivity contribution in [1.29, 1.82) is 0 Å². The van der Waals surface area contributed by atoms with E-state index in [1.54, 1.807) is 24.8 Å². The van der Waals surface area contributed by atoms with Crippen LogP contribution in [0.2, 0.25) is 0 Å². The van der Waals surface area contributed by atoms with Crippen molar-refractivity contribution in [1.82, 2.24) is 0 Å². The molecule has 1 atom stereocenters. The quantitative estimate of drug-likeness (QED) is 0.781. The Bertz CT molecular complexity index is 573. The van der Waals surface area contributed by atoms with Gasteiger partial charge in [-0.25, -0.2) is 13.6 Å². The van der Waals surface area contributed by atoms with E-state index in [4.69, 9.17) is 10.9 Å². The third-order valence-electron chi connectivity index (χ3n) is 3.44. The van der Waals surface area contributed by atoms with Crippen molar-refractivity contribution in [3.8, 4) is 0 Å². The van der Waals surface area contributed by atoms with Gasteiger partial charge in [-0.1, -0.05) is 0 Å². The summed E-state index contributed by atoms with van der Waals surface area (Å²) in [5.41, 5.74) is 7.66. The first-order valence-electron chi connectivity index (χ1n) is 6.33. The van der Waals surface area contributed by atoms with Gasteiger partial charge in [0.25, 0.3) is 0 Å². The highest BCUT2D eigenvalue weighted by atomic mass is 32.2. The van der Waals surface area contributed by atoms with Crippen LogP contribution in [-0.2, 0) is 10.0 Å². The van der Waals surface area contributed by atoms with Crippen molar-refractivity contribution in [2.45, 2.75) is 31.2 Å². The van der Waals surface area contributed by atoms with Gasteiger partial charge in [-0.2, -0.15) is 11.8 Å². The summed E-state index contributed by atoms with van der Waals surface area (Å²) >= 11 is 1.79. The van der Waals surface area contributed by atoms with Gasteiger partial charge in [0.1, 0.15) is 0 Å². The molecule has 0 radical (unpaired) electrons. The van der Waals surface area contributed by atoms with E-state index in [1.165, 1.54) is 6.07 Å². The molecule has 4 N–H and O–H groups in total. The molecule has 0 heterocycles. The van der Waals surface area contributed by atoms with Crippen molar-refractivity contribution in [2.24, 2.45) is 5.14 Å². The van der Waals surface area contributed by atoms with Crippen LogP contribution in [0.1, 0.15) is 18.9 Å². The van der Waals surface area contributed by atoms with E-state index in [0.717, 1.165) is 17.9 Å². The minimum absolute atomic E-state index is 0.0939. The summed E-state index contributed by atoms with van der Waals surface area (Å²) in [6.45, 7) is 3.86. The predicted octanol–water partition coefficient (Wildman–Crippen LogP) is 1.80. The van der Waals surface area contributed by atoms with Gasteiger partial charge in [0.2, 0.25) is 10.0 Å². The summed E-state index contributed by atoms with van der Waals surface area (Å²) in [5.74, 6) is 1.05. The van der Waals surface area contributed by atoms with Crippen LogP contribution in [0.15, 0.2) is 17.0 Å². The van der Waals surface area contributed by atoms with E-state index < -0.39 is 10.0 Å². The number of benzene rings is 1. The van der Waals surface area contributed by atoms with Gasteiger partial charge in [0.05, 0.1) is 4.90 Å². The van der Waals surface area contributed by atoms with Crippen molar-refractivity contribution >= 4 is 33.2 Å². The smallest absolute Gasteiger partial charge is 0.238 e. The summed E-state index contributed by atoms with van der Waals surface area (Å²) in [6, 6.07) is 3.49. The van der Waals surface area contributed by atoms with Crippen LogP contribution in [-0.4, -0.2) is 33.5 Å². The highest BCUT2D eigenvalue weighted by Crippen LogP contribution is 2.30. The molecule has 0 aliphatic rings. The van der Waals surface area contributed by atoms with Gasteiger partial charge < -0.3 is 10.6 Å². The second-order valence-corrected chi connectivity index (χ2v) is 7.47. The molecule has 0 amide bonds. The Labute approximate surface area is 125 Å². The zero-order valence-electron chi connectivity index (χ0n) is 12.4. The zero-order chi connectivity index (χ0) is 15.5. The third-order valence-corrected chi connectivity index (χ3v) is 5.12. The SMILES string of the molecule is CSCCC(C)N(C)c1cc(N)cc(S(N)(=O)=O)c1C. The van der Waals surface area contributed by atoms with Gasteiger partial charge in [0, 0.05) is 24.5 Å². The zero-order valence-corrected chi connectivity index (χ0v) is 14.0. The first kappa shape index (κ1) is 17.1. The number of sulfonamides is 1. The maximum absolute atomic E-state index is 11.6. The van der Waals surface area contributed by atoms with Crippen LogP contribution in [0.4, 0.5) is 11.4 Å². The topological polar surface area (TPSA) is 89.4 Å². The third kappa shape index (κ3) is 4.04. The van der Waals surface area contributed by atoms with E-state index in [-0.39, 0.29) is 10.9 Å². The minimum Gasteiger partial charge on any atom is -0.399 e. The molecule has 1 aromatic carbocycles. The predicted molar refractivity (Wildman–Crippen MR) is 87.8 cm³/mol. The lowest BCUT2D eigenvalue weighted by Crippen LogP contribution is -2.30. The molecule has 1 unspecified atom stereocenters. The van der Waals surface area contributed by atoms with Crippen LogP contribution < -0.4 is 15.8 Å². The normalized spacial score (nSPS) is 13.2. The van der Waals surface area contributed by atoms with Crippen LogP contribution in [0, 0.1) is 6.92 Å². The maximum Gasteiger partial charge on any atom is 0.238 e. The van der Waals surface area contributed by atoms with E-state index in [2.05, 4.69) is 18.1 Å². The molecule has 0 aromatic heterocycles. The summed E-state index contributed by atoms with van der Waals surface area (Å²) in [7, 11) is -1.82.